The Morgan fingerprint density at radius 3 is 1.06 bits per heavy atom. The lowest BCUT2D eigenvalue weighted by molar-refractivity contribution is -0.135. The molecule has 1 heterocycles. The lowest BCUT2D eigenvalue weighted by Crippen LogP contribution is -2.63. The van der Waals surface area contributed by atoms with Crippen LogP contribution in [0.2, 0.25) is 0 Å². The van der Waals surface area contributed by atoms with E-state index in [1.54, 1.807) is 0 Å². The number of carbonyl (C=O) groups is 4. The summed E-state index contributed by atoms with van der Waals surface area (Å²) in [5.74, 6) is -0.526. The molecule has 400 valence electrons. The van der Waals surface area contributed by atoms with E-state index in [1.807, 2.05) is 4.90 Å². The Morgan fingerprint density at radius 2 is 0.721 bits per heavy atom. The molecule has 6 atom stereocenters. The van der Waals surface area contributed by atoms with Crippen molar-refractivity contribution in [1.29, 1.82) is 0 Å². The molecule has 2 amide bonds. The highest BCUT2D eigenvalue weighted by Gasteiger charge is 2.34. The van der Waals surface area contributed by atoms with E-state index in [-0.39, 0.29) is 40.0 Å². The zero-order valence-electron chi connectivity index (χ0n) is 43.9. The second-order valence-corrected chi connectivity index (χ2v) is 22.2. The van der Waals surface area contributed by atoms with Gasteiger partial charge in [0.1, 0.15) is 12.1 Å². The van der Waals surface area contributed by atoms with E-state index in [0.29, 0.717) is 65.0 Å². The minimum absolute atomic E-state index is 0.0491. The molecule has 0 aliphatic carbocycles. The fourth-order valence-electron chi connectivity index (χ4n) is 8.97. The van der Waals surface area contributed by atoms with Gasteiger partial charge in [0.15, 0.2) is 10.2 Å². The van der Waals surface area contributed by atoms with Crippen LogP contribution in [0, 0.1) is 0 Å². The average Bonchev–Trinajstić information content (AvgIpc) is 3.31. The van der Waals surface area contributed by atoms with Crippen molar-refractivity contribution in [3.8, 4) is 0 Å². The predicted octanol–water partition coefficient (Wildman–Crippen LogP) is 10.1. The number of hydrogen-bond acceptors (Lipinski definition) is 12. The number of hydrogen-bond donors (Lipinski definition) is 6. The number of rotatable bonds is 48. The molecular weight excluding hydrogens is 897 g/mol. The quantitative estimate of drug-likeness (QED) is 0.0318. The summed E-state index contributed by atoms with van der Waals surface area (Å²) in [6, 6.07) is -1.70. The number of aliphatic hydroxyl groups excluding tert-OH is 4. The highest BCUT2D eigenvalue weighted by Crippen LogP contribution is 2.19. The first kappa shape index (κ1) is 64.8. The van der Waals surface area contributed by atoms with Gasteiger partial charge < -0.3 is 31.1 Å². The first-order valence-corrected chi connectivity index (χ1v) is 30.0. The van der Waals surface area contributed by atoms with Crippen LogP contribution in [0.4, 0.5) is 0 Å². The van der Waals surface area contributed by atoms with Crippen LogP contribution >= 0.6 is 23.5 Å². The highest BCUT2D eigenvalue weighted by molar-refractivity contribution is 8.13. The van der Waals surface area contributed by atoms with Crippen LogP contribution in [0.25, 0.3) is 0 Å². The number of unbranched alkanes of at least 4 members (excludes halogenated alkanes) is 21. The molecule has 0 saturated carbocycles. The summed E-state index contributed by atoms with van der Waals surface area (Å²) in [6.45, 7) is 11.7. The molecule has 6 N–H and O–H groups in total. The van der Waals surface area contributed by atoms with Crippen molar-refractivity contribution < 1.29 is 39.6 Å². The maximum Gasteiger partial charge on any atom is 0.244 e. The Labute approximate surface area is 424 Å². The highest BCUT2D eigenvalue weighted by atomic mass is 32.2. The molecule has 1 saturated heterocycles. The normalized spacial score (nSPS) is 17.1. The van der Waals surface area contributed by atoms with E-state index < -0.39 is 36.5 Å². The monoisotopic (exact) mass is 1000 g/mol. The lowest BCUT2D eigenvalue weighted by Gasteiger charge is -2.29. The van der Waals surface area contributed by atoms with E-state index in [4.69, 9.17) is 0 Å². The SMILES string of the molecule is CCCCCCCCC(O)CN(CCCCC(=O)SCC1NC(=O)C(CSC(=O)CCN(CC(O)CCCCCCCC)CC(O)CCCCCCCC)NC1=O)CC(O)CCCCCCCC. The molecule has 6 unspecified atom stereocenters. The topological polar surface area (TPSA) is 180 Å². The fraction of sp³-hybridized carbons (Fsp3) is 0.926. The van der Waals surface area contributed by atoms with Crippen molar-refractivity contribution in [3.05, 3.63) is 0 Å². The summed E-state index contributed by atoms with van der Waals surface area (Å²) >= 11 is 2.06. The Hall–Kier alpha value is -1.26. The maximum atomic E-state index is 13.1. The standard InChI is InChI=1S/C54H104N4O8S2/c1-5-9-13-17-21-25-31-45(59)39-57(40-46(60)32-26-22-18-14-10-6-2)37-30-29-35-51(63)67-43-49-53(65)56-50(54(66)55-49)44-68-52(64)36-38-58(41-47(61)33-27-23-19-15-11-7-3)42-48(62)34-28-24-20-16-12-8-4/h45-50,59-62H,5-44H2,1-4H3,(H,55,66)(H,56,65). The van der Waals surface area contributed by atoms with Crippen LogP contribution in [-0.4, -0.2) is 140 Å². The largest absolute Gasteiger partial charge is 0.392 e. The molecule has 14 heteroatoms. The molecule has 1 aliphatic rings. The molecule has 0 aromatic rings. The van der Waals surface area contributed by atoms with Crippen LogP contribution < -0.4 is 10.6 Å². The van der Waals surface area contributed by atoms with E-state index >= 15 is 0 Å². The van der Waals surface area contributed by atoms with Crippen LogP contribution in [0.5, 0.6) is 0 Å². The number of nitrogens with zero attached hydrogens (tertiary/aromatic N) is 2. The molecule has 68 heavy (non-hydrogen) atoms. The first-order chi connectivity index (χ1) is 32.9. The van der Waals surface area contributed by atoms with Gasteiger partial charge in [-0.15, -0.1) is 0 Å². The summed E-state index contributed by atoms with van der Waals surface area (Å²) < 4.78 is 0. The lowest BCUT2D eigenvalue weighted by atomic mass is 10.1. The molecule has 1 aliphatic heterocycles. The van der Waals surface area contributed by atoms with Gasteiger partial charge in [-0.25, -0.2) is 0 Å². The van der Waals surface area contributed by atoms with Crippen LogP contribution in [-0.2, 0) is 19.2 Å². The zero-order chi connectivity index (χ0) is 50.0. The third-order valence-electron chi connectivity index (χ3n) is 13.3. The molecule has 0 spiro atoms. The summed E-state index contributed by atoms with van der Waals surface area (Å²) in [5.41, 5.74) is 0. The number of thioether (sulfide) groups is 2. The molecule has 0 aromatic carbocycles. The van der Waals surface area contributed by atoms with Gasteiger partial charge in [-0.2, -0.15) is 0 Å². The Bertz CT molecular complexity index is 1210. The van der Waals surface area contributed by atoms with Gasteiger partial charge in [0.05, 0.1) is 24.4 Å². The smallest absolute Gasteiger partial charge is 0.244 e. The predicted molar refractivity (Wildman–Crippen MR) is 286 cm³/mol. The number of aliphatic hydroxyl groups is 4. The minimum atomic E-state index is -0.862. The van der Waals surface area contributed by atoms with Crippen molar-refractivity contribution >= 4 is 45.6 Å². The first-order valence-electron chi connectivity index (χ1n) is 28.0. The van der Waals surface area contributed by atoms with E-state index in [0.717, 1.165) is 94.2 Å². The number of carbonyl (C=O) groups excluding carboxylic acids is 4. The molecule has 1 rings (SSSR count). The Morgan fingerprint density at radius 1 is 0.426 bits per heavy atom. The summed E-state index contributed by atoms with van der Waals surface area (Å²) in [5, 5.41) is 48.9. The molecule has 0 aromatic heterocycles. The molecule has 12 nitrogen and oxygen atoms in total. The van der Waals surface area contributed by atoms with Crippen LogP contribution in [0.3, 0.4) is 0 Å². The third kappa shape index (κ3) is 36.6. The summed E-state index contributed by atoms with van der Waals surface area (Å²) in [4.78, 5) is 56.2. The second kappa shape index (κ2) is 44.4. The minimum Gasteiger partial charge on any atom is -0.392 e. The average molecular weight is 1000 g/mol. The molecule has 1 fully saturated rings. The van der Waals surface area contributed by atoms with Crippen molar-refractivity contribution in [2.75, 3.05) is 50.8 Å². The van der Waals surface area contributed by atoms with Gasteiger partial charge in [0, 0.05) is 57.1 Å². The molecule has 0 radical (unpaired) electrons. The summed E-state index contributed by atoms with van der Waals surface area (Å²) in [6.07, 6.45) is 30.7. The van der Waals surface area contributed by atoms with Gasteiger partial charge in [0.25, 0.3) is 0 Å². The van der Waals surface area contributed by atoms with Crippen LogP contribution in [0.15, 0.2) is 0 Å². The Kier molecular flexibility index (Phi) is 42.3. The number of nitrogens with one attached hydrogen (secondary N) is 2. The fourth-order valence-corrected chi connectivity index (χ4v) is 10.7. The number of amides is 2. The Balaban J connectivity index is 2.55. The zero-order valence-corrected chi connectivity index (χ0v) is 45.5. The van der Waals surface area contributed by atoms with E-state index in [2.05, 4.69) is 43.2 Å². The van der Waals surface area contributed by atoms with E-state index in [9.17, 15) is 39.6 Å². The van der Waals surface area contributed by atoms with Crippen molar-refractivity contribution in [3.63, 3.8) is 0 Å². The van der Waals surface area contributed by atoms with E-state index in [1.165, 1.54) is 103 Å². The third-order valence-corrected chi connectivity index (χ3v) is 15.3. The molecule has 0 bridgehead atoms. The second-order valence-electron chi connectivity index (χ2n) is 20.1. The van der Waals surface area contributed by atoms with Gasteiger partial charge >= 0.3 is 0 Å². The van der Waals surface area contributed by atoms with Crippen molar-refractivity contribution in [2.45, 2.75) is 270 Å². The van der Waals surface area contributed by atoms with Crippen LogP contribution in [0.1, 0.15) is 233 Å². The van der Waals surface area contributed by atoms with Gasteiger partial charge in [-0.05, 0) is 45.1 Å². The molecular formula is C54H104N4O8S2. The maximum absolute atomic E-state index is 13.1. The summed E-state index contributed by atoms with van der Waals surface area (Å²) in [7, 11) is 0. The van der Waals surface area contributed by atoms with Crippen molar-refractivity contribution in [1.82, 2.24) is 20.4 Å². The van der Waals surface area contributed by atoms with Gasteiger partial charge in [-0.3, -0.25) is 29.0 Å². The van der Waals surface area contributed by atoms with Gasteiger partial charge in [0.2, 0.25) is 11.8 Å². The van der Waals surface area contributed by atoms with Crippen molar-refractivity contribution in [2.24, 2.45) is 0 Å². The number of piperazine rings is 1. The van der Waals surface area contributed by atoms with Gasteiger partial charge in [-0.1, -0.05) is 205 Å².